The zero-order valence-corrected chi connectivity index (χ0v) is 15.0. The second-order valence-corrected chi connectivity index (χ2v) is 6.37. The van der Waals surface area contributed by atoms with E-state index in [1.807, 2.05) is 6.92 Å². The summed E-state index contributed by atoms with van der Waals surface area (Å²) in [6.45, 7) is 4.43. The Balaban J connectivity index is 1.72. The molecule has 1 aromatic rings. The summed E-state index contributed by atoms with van der Waals surface area (Å²) >= 11 is 0. The molecular formula is C19H29FN4O. The highest BCUT2D eigenvalue weighted by atomic mass is 19.1. The lowest BCUT2D eigenvalue weighted by atomic mass is 9.89. The van der Waals surface area contributed by atoms with Crippen LogP contribution in [0.1, 0.15) is 44.6 Å². The highest BCUT2D eigenvalue weighted by molar-refractivity contribution is 5.80. The van der Waals surface area contributed by atoms with E-state index in [1.54, 1.807) is 12.1 Å². The Morgan fingerprint density at radius 1 is 1.08 bits per heavy atom. The lowest BCUT2D eigenvalue weighted by Crippen LogP contribution is -2.42. The average molecular weight is 348 g/mol. The third kappa shape index (κ3) is 7.11. The Hall–Kier alpha value is -2.11. The molecule has 25 heavy (non-hydrogen) atoms. The van der Waals surface area contributed by atoms with E-state index in [4.69, 9.17) is 0 Å². The van der Waals surface area contributed by atoms with Crippen molar-refractivity contribution in [2.45, 2.75) is 45.6 Å². The molecule has 6 heteroatoms. The number of halogens is 1. The highest BCUT2D eigenvalue weighted by Crippen LogP contribution is 2.23. The molecule has 0 spiro atoms. The molecule has 3 N–H and O–H groups in total. The van der Waals surface area contributed by atoms with E-state index in [0.29, 0.717) is 25.6 Å². The smallest absolute Gasteiger partial charge is 0.223 e. The minimum atomic E-state index is -0.244. The number of aliphatic imine (C=N–C) groups is 1. The predicted molar refractivity (Wildman–Crippen MR) is 98.8 cm³/mol. The first kappa shape index (κ1) is 19.2. The van der Waals surface area contributed by atoms with Gasteiger partial charge in [0.05, 0.1) is 6.54 Å². The number of amides is 1. The number of nitrogens with zero attached hydrogens (tertiary/aromatic N) is 1. The number of guanidine groups is 1. The van der Waals surface area contributed by atoms with Gasteiger partial charge < -0.3 is 16.0 Å². The van der Waals surface area contributed by atoms with Gasteiger partial charge in [0, 0.05) is 25.6 Å². The predicted octanol–water partition coefficient (Wildman–Crippen LogP) is 2.58. The summed E-state index contributed by atoms with van der Waals surface area (Å²) < 4.78 is 12.9. The van der Waals surface area contributed by atoms with Gasteiger partial charge in [-0.1, -0.05) is 31.4 Å². The van der Waals surface area contributed by atoms with Crippen LogP contribution in [0.25, 0.3) is 0 Å². The SMILES string of the molecule is CCNC(=NCc1ccc(F)cc1)NCCNC(=O)C1CCCCC1. The number of rotatable bonds is 7. The number of hydrogen-bond donors (Lipinski definition) is 3. The summed E-state index contributed by atoms with van der Waals surface area (Å²) in [6.07, 6.45) is 5.61. The van der Waals surface area contributed by atoms with Gasteiger partial charge in [0.15, 0.2) is 5.96 Å². The van der Waals surface area contributed by atoms with Crippen molar-refractivity contribution in [1.29, 1.82) is 0 Å². The van der Waals surface area contributed by atoms with Gasteiger partial charge in [-0.05, 0) is 37.5 Å². The van der Waals surface area contributed by atoms with Gasteiger partial charge in [0.2, 0.25) is 5.91 Å². The van der Waals surface area contributed by atoms with Crippen molar-refractivity contribution < 1.29 is 9.18 Å². The third-order valence-electron chi connectivity index (χ3n) is 4.37. The average Bonchev–Trinajstić information content (AvgIpc) is 2.65. The van der Waals surface area contributed by atoms with Crippen LogP contribution in [0.3, 0.4) is 0 Å². The molecule has 138 valence electrons. The minimum Gasteiger partial charge on any atom is -0.357 e. The second-order valence-electron chi connectivity index (χ2n) is 6.37. The normalized spacial score (nSPS) is 15.7. The summed E-state index contributed by atoms with van der Waals surface area (Å²) in [5, 5.41) is 9.38. The van der Waals surface area contributed by atoms with E-state index in [9.17, 15) is 9.18 Å². The van der Waals surface area contributed by atoms with Crippen LogP contribution in [0.15, 0.2) is 29.3 Å². The first-order chi connectivity index (χ1) is 12.2. The van der Waals surface area contributed by atoms with Crippen molar-refractivity contribution in [2.75, 3.05) is 19.6 Å². The molecule has 1 aliphatic rings. The molecule has 1 saturated carbocycles. The van der Waals surface area contributed by atoms with E-state index in [0.717, 1.165) is 37.8 Å². The van der Waals surface area contributed by atoms with Crippen molar-refractivity contribution in [3.05, 3.63) is 35.6 Å². The molecule has 5 nitrogen and oxygen atoms in total. The van der Waals surface area contributed by atoms with Crippen molar-refractivity contribution in [3.8, 4) is 0 Å². The Labute approximate surface area is 149 Å². The monoisotopic (exact) mass is 348 g/mol. The Bertz CT molecular complexity index is 553. The van der Waals surface area contributed by atoms with Crippen LogP contribution >= 0.6 is 0 Å². The van der Waals surface area contributed by atoms with E-state index in [1.165, 1.54) is 18.6 Å². The molecule has 1 fully saturated rings. The highest BCUT2D eigenvalue weighted by Gasteiger charge is 2.20. The molecule has 0 atom stereocenters. The molecule has 0 radical (unpaired) electrons. The Morgan fingerprint density at radius 3 is 2.44 bits per heavy atom. The fourth-order valence-electron chi connectivity index (χ4n) is 2.98. The molecule has 1 aromatic carbocycles. The first-order valence-corrected chi connectivity index (χ1v) is 9.23. The second kappa shape index (κ2) is 10.7. The van der Waals surface area contributed by atoms with Crippen molar-refractivity contribution in [1.82, 2.24) is 16.0 Å². The van der Waals surface area contributed by atoms with Crippen LogP contribution in [-0.2, 0) is 11.3 Å². The zero-order chi connectivity index (χ0) is 17.9. The lowest BCUT2D eigenvalue weighted by molar-refractivity contribution is -0.125. The van der Waals surface area contributed by atoms with Gasteiger partial charge in [0.25, 0.3) is 0 Å². The molecular weight excluding hydrogens is 319 g/mol. The maximum absolute atomic E-state index is 12.9. The first-order valence-electron chi connectivity index (χ1n) is 9.23. The minimum absolute atomic E-state index is 0.176. The fraction of sp³-hybridized carbons (Fsp3) is 0.579. The van der Waals surface area contributed by atoms with E-state index in [-0.39, 0.29) is 17.6 Å². The molecule has 1 amide bonds. The van der Waals surface area contributed by atoms with Crippen molar-refractivity contribution >= 4 is 11.9 Å². The summed E-state index contributed by atoms with van der Waals surface area (Å²) in [5.74, 6) is 0.814. The molecule has 2 rings (SSSR count). The Kier molecular flexibility index (Phi) is 8.22. The molecule has 0 aliphatic heterocycles. The van der Waals surface area contributed by atoms with Crippen LogP contribution in [0.2, 0.25) is 0 Å². The van der Waals surface area contributed by atoms with Crippen molar-refractivity contribution in [3.63, 3.8) is 0 Å². The van der Waals surface area contributed by atoms with Crippen LogP contribution in [0.5, 0.6) is 0 Å². The van der Waals surface area contributed by atoms with Gasteiger partial charge in [0.1, 0.15) is 5.82 Å². The summed E-state index contributed by atoms with van der Waals surface area (Å²) in [5.41, 5.74) is 0.948. The Morgan fingerprint density at radius 2 is 1.76 bits per heavy atom. The van der Waals surface area contributed by atoms with Crippen LogP contribution in [-0.4, -0.2) is 31.5 Å². The number of hydrogen-bond acceptors (Lipinski definition) is 2. The van der Waals surface area contributed by atoms with Gasteiger partial charge in [-0.15, -0.1) is 0 Å². The maximum Gasteiger partial charge on any atom is 0.223 e. The van der Waals surface area contributed by atoms with Crippen LogP contribution in [0, 0.1) is 11.7 Å². The molecule has 0 unspecified atom stereocenters. The van der Waals surface area contributed by atoms with Crippen LogP contribution < -0.4 is 16.0 Å². The molecule has 0 heterocycles. The largest absolute Gasteiger partial charge is 0.357 e. The van der Waals surface area contributed by atoms with E-state index < -0.39 is 0 Å². The zero-order valence-electron chi connectivity index (χ0n) is 15.0. The molecule has 0 saturated heterocycles. The number of carbonyl (C=O) groups excluding carboxylic acids is 1. The molecule has 1 aliphatic carbocycles. The standard InChI is InChI=1S/C19H29FN4O/c1-2-21-19(24-14-15-8-10-17(20)11-9-15)23-13-12-22-18(25)16-6-4-3-5-7-16/h8-11,16H,2-7,12-14H2,1H3,(H,22,25)(H2,21,23,24). The summed E-state index contributed by atoms with van der Waals surface area (Å²) in [6, 6.07) is 6.33. The lowest BCUT2D eigenvalue weighted by Gasteiger charge is -2.21. The summed E-state index contributed by atoms with van der Waals surface area (Å²) in [7, 11) is 0. The maximum atomic E-state index is 12.9. The number of carbonyl (C=O) groups is 1. The molecule has 0 aromatic heterocycles. The quantitative estimate of drug-likeness (QED) is 0.403. The number of nitrogens with one attached hydrogen (secondary N) is 3. The third-order valence-corrected chi connectivity index (χ3v) is 4.37. The van der Waals surface area contributed by atoms with Gasteiger partial charge in [-0.25, -0.2) is 9.38 Å². The van der Waals surface area contributed by atoms with Crippen LogP contribution in [0.4, 0.5) is 4.39 Å². The topological polar surface area (TPSA) is 65.5 Å². The van der Waals surface area contributed by atoms with Crippen molar-refractivity contribution in [2.24, 2.45) is 10.9 Å². The van der Waals surface area contributed by atoms with Gasteiger partial charge >= 0.3 is 0 Å². The van der Waals surface area contributed by atoms with E-state index in [2.05, 4.69) is 20.9 Å². The number of benzene rings is 1. The van der Waals surface area contributed by atoms with Gasteiger partial charge in [-0.2, -0.15) is 0 Å². The fourth-order valence-corrected chi connectivity index (χ4v) is 2.98. The molecule has 0 bridgehead atoms. The van der Waals surface area contributed by atoms with Gasteiger partial charge in [-0.3, -0.25) is 4.79 Å². The summed E-state index contributed by atoms with van der Waals surface area (Å²) in [4.78, 5) is 16.6. The van der Waals surface area contributed by atoms with E-state index >= 15 is 0 Å².